The molecule has 36 heavy (non-hydrogen) atoms. The van der Waals surface area contributed by atoms with Gasteiger partial charge in [-0.3, -0.25) is 9.80 Å². The van der Waals surface area contributed by atoms with Crippen LogP contribution in [0, 0.1) is 0 Å². The summed E-state index contributed by atoms with van der Waals surface area (Å²) in [6.45, 7) is 14.7. The number of nitrogens with zero attached hydrogens (tertiary/aromatic N) is 2. The predicted molar refractivity (Wildman–Crippen MR) is 144 cm³/mol. The summed E-state index contributed by atoms with van der Waals surface area (Å²) in [4.78, 5) is 4.85. The molecule has 0 spiro atoms. The summed E-state index contributed by atoms with van der Waals surface area (Å²) in [7, 11) is 0. The van der Waals surface area contributed by atoms with E-state index in [0.29, 0.717) is 78.7 Å². The maximum Gasteiger partial charge on any atom is 0.0701 e. The lowest BCUT2D eigenvalue weighted by molar-refractivity contribution is -0.0254. The third kappa shape index (κ3) is 17.2. The van der Waals surface area contributed by atoms with Crippen LogP contribution in [-0.2, 0) is 28.4 Å². The van der Waals surface area contributed by atoms with Crippen LogP contribution in [0.15, 0.2) is 0 Å². The van der Waals surface area contributed by atoms with Crippen LogP contribution >= 0.6 is 0 Å². The van der Waals surface area contributed by atoms with Gasteiger partial charge in [0.2, 0.25) is 0 Å². The summed E-state index contributed by atoms with van der Waals surface area (Å²) < 4.78 is 35.6. The zero-order valence-electron chi connectivity index (χ0n) is 23.3. The fourth-order valence-corrected chi connectivity index (χ4v) is 4.73. The van der Waals surface area contributed by atoms with Crippen LogP contribution in [-0.4, -0.2) is 128 Å². The fourth-order valence-electron chi connectivity index (χ4n) is 4.73. The monoisotopic (exact) mass is 516 g/mol. The molecule has 0 aromatic rings. The first-order valence-corrected chi connectivity index (χ1v) is 14.8. The number of hydrogen-bond donors (Lipinski definition) is 0. The normalized spacial score (nSPS) is 27.4. The number of rotatable bonds is 9. The third-order valence-electron chi connectivity index (χ3n) is 7.03. The van der Waals surface area contributed by atoms with Gasteiger partial charge in [0.15, 0.2) is 0 Å². The second-order valence-electron chi connectivity index (χ2n) is 9.93. The zero-order valence-corrected chi connectivity index (χ0v) is 23.3. The van der Waals surface area contributed by atoms with Crippen LogP contribution in [0.4, 0.5) is 0 Å². The summed E-state index contributed by atoms with van der Waals surface area (Å²) in [5, 5.41) is 0. The molecule has 3 heterocycles. The summed E-state index contributed by atoms with van der Waals surface area (Å²) in [5.74, 6) is 0. The predicted octanol–water partition coefficient (Wildman–Crippen LogP) is 3.62. The van der Waals surface area contributed by atoms with Gasteiger partial charge in [0.25, 0.3) is 0 Å². The van der Waals surface area contributed by atoms with Crippen LogP contribution in [0.1, 0.15) is 64.7 Å². The molecule has 3 rings (SSSR count). The number of hydrogen-bond acceptors (Lipinski definition) is 8. The Balaban J connectivity index is 1.90. The molecule has 2 bridgehead atoms. The van der Waals surface area contributed by atoms with E-state index >= 15 is 0 Å². The van der Waals surface area contributed by atoms with Gasteiger partial charge in [-0.25, -0.2) is 0 Å². The van der Waals surface area contributed by atoms with Crippen molar-refractivity contribution in [2.24, 2.45) is 0 Å². The van der Waals surface area contributed by atoms with Crippen LogP contribution in [0.5, 0.6) is 0 Å². The Kier molecular flexibility index (Phi) is 21.1. The topological polar surface area (TPSA) is 61.9 Å². The van der Waals surface area contributed by atoms with Crippen molar-refractivity contribution in [3.63, 3.8) is 0 Å². The van der Waals surface area contributed by atoms with Crippen LogP contribution in [0.2, 0.25) is 0 Å². The molecule has 0 aliphatic carbocycles. The lowest BCUT2D eigenvalue weighted by Gasteiger charge is -2.32. The first-order valence-electron chi connectivity index (χ1n) is 14.8. The van der Waals surface area contributed by atoms with Gasteiger partial charge in [-0.1, -0.05) is 58.3 Å². The second kappa shape index (κ2) is 23.8. The van der Waals surface area contributed by atoms with Crippen molar-refractivity contribution in [2.45, 2.75) is 70.8 Å². The molecule has 0 radical (unpaired) electrons. The first-order chi connectivity index (χ1) is 17.9. The molecule has 1 atom stereocenters. The molecular formula is C28H56N2O6. The molecule has 8 nitrogen and oxygen atoms in total. The lowest BCUT2D eigenvalue weighted by atomic mass is 10.0. The molecule has 3 aliphatic rings. The van der Waals surface area contributed by atoms with Crippen LogP contribution in [0.3, 0.4) is 0 Å². The molecule has 8 heteroatoms. The van der Waals surface area contributed by atoms with Gasteiger partial charge >= 0.3 is 0 Å². The molecule has 3 aliphatic heterocycles. The molecular weight excluding hydrogens is 460 g/mol. The van der Waals surface area contributed by atoms with Gasteiger partial charge in [-0.2, -0.15) is 0 Å². The van der Waals surface area contributed by atoms with Crippen LogP contribution < -0.4 is 0 Å². The van der Waals surface area contributed by atoms with Gasteiger partial charge in [0.1, 0.15) is 0 Å². The molecule has 0 amide bonds. The van der Waals surface area contributed by atoms with E-state index in [1.807, 2.05) is 0 Å². The minimum Gasteiger partial charge on any atom is -0.378 e. The molecule has 3 fully saturated rings. The van der Waals surface area contributed by atoms with Crippen LogP contribution in [0.25, 0.3) is 0 Å². The molecule has 0 aromatic heterocycles. The Hall–Kier alpha value is -0.320. The molecule has 1 unspecified atom stereocenters. The fraction of sp³-hybridized carbons (Fsp3) is 1.00. The average molecular weight is 517 g/mol. The standard InChI is InChI=1S/C28H56N2O6/c1-2-3-4-5-6-7-8-9-10-28-27-36-26-25-33-18-13-29-11-16-31-21-23-34-19-14-30(28)15-20-35-24-22-32-17-12-29/h28H,2-27H2,1H3. The zero-order chi connectivity index (χ0) is 25.4. The second-order valence-corrected chi connectivity index (χ2v) is 9.93. The van der Waals surface area contributed by atoms with E-state index in [2.05, 4.69) is 16.7 Å². The summed E-state index contributed by atoms with van der Waals surface area (Å²) in [5.41, 5.74) is 0. The van der Waals surface area contributed by atoms with Crippen molar-refractivity contribution in [3.05, 3.63) is 0 Å². The Morgan fingerprint density at radius 2 is 0.889 bits per heavy atom. The van der Waals surface area contributed by atoms with E-state index in [1.54, 1.807) is 0 Å². The Morgan fingerprint density at radius 1 is 0.472 bits per heavy atom. The quantitative estimate of drug-likeness (QED) is 0.431. The van der Waals surface area contributed by atoms with Crippen molar-refractivity contribution in [1.29, 1.82) is 0 Å². The largest absolute Gasteiger partial charge is 0.378 e. The highest BCUT2D eigenvalue weighted by Crippen LogP contribution is 2.14. The van der Waals surface area contributed by atoms with Gasteiger partial charge < -0.3 is 28.4 Å². The van der Waals surface area contributed by atoms with E-state index in [1.165, 1.54) is 51.4 Å². The molecule has 0 aromatic carbocycles. The van der Waals surface area contributed by atoms with Crippen molar-refractivity contribution < 1.29 is 28.4 Å². The Bertz CT molecular complexity index is 453. The minimum atomic E-state index is 0.373. The van der Waals surface area contributed by atoms with Gasteiger partial charge in [-0.05, 0) is 6.42 Å². The van der Waals surface area contributed by atoms with E-state index in [0.717, 1.165) is 45.8 Å². The van der Waals surface area contributed by atoms with Gasteiger partial charge in [0.05, 0.1) is 79.3 Å². The summed E-state index contributed by atoms with van der Waals surface area (Å²) in [6, 6.07) is 0.373. The molecule has 3 saturated heterocycles. The Morgan fingerprint density at radius 3 is 1.39 bits per heavy atom. The number of ether oxygens (including phenoxy) is 6. The van der Waals surface area contributed by atoms with E-state index < -0.39 is 0 Å². The highest BCUT2D eigenvalue weighted by Gasteiger charge is 2.19. The third-order valence-corrected chi connectivity index (χ3v) is 7.03. The maximum atomic E-state index is 6.13. The molecule has 0 N–H and O–H groups in total. The maximum absolute atomic E-state index is 6.13. The van der Waals surface area contributed by atoms with E-state index in [4.69, 9.17) is 28.4 Å². The molecule has 0 saturated carbocycles. The number of unbranched alkanes of at least 4 members (excludes halogenated alkanes) is 7. The summed E-state index contributed by atoms with van der Waals surface area (Å²) in [6.07, 6.45) is 11.9. The van der Waals surface area contributed by atoms with E-state index in [9.17, 15) is 0 Å². The van der Waals surface area contributed by atoms with Crippen molar-refractivity contribution in [1.82, 2.24) is 9.80 Å². The van der Waals surface area contributed by atoms with Crippen molar-refractivity contribution >= 4 is 0 Å². The SMILES string of the molecule is CCCCCCCCCCC1COCCOCCN2CCOCCOCCN1CCOCCOCC2. The molecule has 214 valence electrons. The minimum absolute atomic E-state index is 0.373. The van der Waals surface area contributed by atoms with Gasteiger partial charge in [-0.15, -0.1) is 0 Å². The lowest BCUT2D eigenvalue weighted by Crippen LogP contribution is -2.43. The highest BCUT2D eigenvalue weighted by atomic mass is 16.5. The Labute approximate surface area is 221 Å². The van der Waals surface area contributed by atoms with Gasteiger partial charge in [0, 0.05) is 38.8 Å². The average Bonchev–Trinajstić information content (AvgIpc) is 2.88. The van der Waals surface area contributed by atoms with Crippen molar-refractivity contribution in [2.75, 3.05) is 112 Å². The summed E-state index contributed by atoms with van der Waals surface area (Å²) >= 11 is 0. The van der Waals surface area contributed by atoms with Crippen molar-refractivity contribution in [3.8, 4) is 0 Å². The number of fused-ring (bicyclic) bond motifs is 21. The smallest absolute Gasteiger partial charge is 0.0701 e. The van der Waals surface area contributed by atoms with E-state index in [-0.39, 0.29) is 0 Å². The highest BCUT2D eigenvalue weighted by molar-refractivity contribution is 4.72. The first kappa shape index (κ1) is 31.9.